The number of alkyl halides is 3. The Morgan fingerprint density at radius 1 is 1.19 bits per heavy atom. The topological polar surface area (TPSA) is 0 Å². The first-order valence-electron chi connectivity index (χ1n) is 4.53. The smallest absolute Gasteiger partial charge is 0.206 e. The summed E-state index contributed by atoms with van der Waals surface area (Å²) in [5.41, 5.74) is -1.71. The summed E-state index contributed by atoms with van der Waals surface area (Å²) >= 11 is 0. The SMILES string of the molecule is C#CC(C)(C)c1ccc(C(F)(F)F)c(F)c1. The summed E-state index contributed by atoms with van der Waals surface area (Å²) in [4.78, 5) is 0. The Kier molecular flexibility index (Phi) is 3.00. The van der Waals surface area contributed by atoms with Crippen LogP contribution in [-0.2, 0) is 11.6 Å². The van der Waals surface area contributed by atoms with Crippen molar-refractivity contribution >= 4 is 0 Å². The maximum Gasteiger partial charge on any atom is 0.419 e. The molecular weight excluding hydrogens is 220 g/mol. The van der Waals surface area contributed by atoms with E-state index in [4.69, 9.17) is 6.42 Å². The minimum Gasteiger partial charge on any atom is -0.206 e. The first kappa shape index (κ1) is 12.6. The van der Waals surface area contributed by atoms with Crippen LogP contribution in [0.25, 0.3) is 0 Å². The average Bonchev–Trinajstić information content (AvgIpc) is 2.15. The molecule has 0 unspecified atom stereocenters. The van der Waals surface area contributed by atoms with Crippen LogP contribution in [0.2, 0.25) is 0 Å². The first-order valence-corrected chi connectivity index (χ1v) is 4.53. The van der Waals surface area contributed by atoms with Crippen molar-refractivity contribution in [3.05, 3.63) is 35.1 Å². The third-order valence-corrected chi connectivity index (χ3v) is 2.36. The van der Waals surface area contributed by atoms with E-state index in [2.05, 4.69) is 5.92 Å². The van der Waals surface area contributed by atoms with E-state index in [1.54, 1.807) is 13.8 Å². The molecule has 0 radical (unpaired) electrons. The first-order chi connectivity index (χ1) is 7.18. The van der Waals surface area contributed by atoms with Crippen LogP contribution in [0.3, 0.4) is 0 Å². The lowest BCUT2D eigenvalue weighted by Gasteiger charge is -2.19. The Labute approximate surface area is 91.3 Å². The molecule has 0 saturated heterocycles. The summed E-state index contributed by atoms with van der Waals surface area (Å²) in [5, 5.41) is 0. The van der Waals surface area contributed by atoms with E-state index in [1.807, 2.05) is 0 Å². The number of rotatable bonds is 1. The Balaban J connectivity index is 3.26. The summed E-state index contributed by atoms with van der Waals surface area (Å²) in [7, 11) is 0. The van der Waals surface area contributed by atoms with Crippen LogP contribution in [0.15, 0.2) is 18.2 Å². The van der Waals surface area contributed by atoms with Crippen molar-refractivity contribution in [3.63, 3.8) is 0 Å². The molecule has 4 heteroatoms. The van der Waals surface area contributed by atoms with E-state index >= 15 is 0 Å². The molecule has 1 aromatic rings. The second-order valence-electron chi connectivity index (χ2n) is 3.96. The molecule has 86 valence electrons. The monoisotopic (exact) mass is 230 g/mol. The highest BCUT2D eigenvalue weighted by Crippen LogP contribution is 2.33. The molecule has 0 fully saturated rings. The van der Waals surface area contributed by atoms with Crippen LogP contribution in [0, 0.1) is 18.2 Å². The van der Waals surface area contributed by atoms with Gasteiger partial charge in [0.05, 0.1) is 11.0 Å². The van der Waals surface area contributed by atoms with E-state index in [9.17, 15) is 17.6 Å². The molecule has 1 rings (SSSR count). The van der Waals surface area contributed by atoms with Gasteiger partial charge in [-0.15, -0.1) is 6.42 Å². The van der Waals surface area contributed by atoms with Crippen LogP contribution in [0.4, 0.5) is 17.6 Å². The van der Waals surface area contributed by atoms with Gasteiger partial charge in [-0.2, -0.15) is 13.2 Å². The van der Waals surface area contributed by atoms with Gasteiger partial charge >= 0.3 is 6.18 Å². The number of terminal acetylenes is 1. The molecule has 0 heterocycles. The lowest BCUT2D eigenvalue weighted by Crippen LogP contribution is -2.16. The van der Waals surface area contributed by atoms with E-state index in [0.717, 1.165) is 6.07 Å². The maximum absolute atomic E-state index is 13.2. The molecule has 0 aromatic heterocycles. The van der Waals surface area contributed by atoms with Crippen molar-refractivity contribution in [1.29, 1.82) is 0 Å². The Hall–Kier alpha value is -1.50. The summed E-state index contributed by atoms with van der Waals surface area (Å²) in [6.45, 7) is 3.27. The molecular formula is C12H10F4. The van der Waals surface area contributed by atoms with Crippen molar-refractivity contribution in [3.8, 4) is 12.3 Å². The van der Waals surface area contributed by atoms with Gasteiger partial charge < -0.3 is 0 Å². The van der Waals surface area contributed by atoms with Crippen LogP contribution in [0.5, 0.6) is 0 Å². The van der Waals surface area contributed by atoms with Crippen LogP contribution in [-0.4, -0.2) is 0 Å². The van der Waals surface area contributed by atoms with Gasteiger partial charge in [0.15, 0.2) is 0 Å². The Morgan fingerprint density at radius 2 is 1.75 bits per heavy atom. The Bertz CT molecular complexity index is 435. The molecule has 0 N–H and O–H groups in total. The van der Waals surface area contributed by atoms with Crippen molar-refractivity contribution < 1.29 is 17.6 Å². The largest absolute Gasteiger partial charge is 0.419 e. The van der Waals surface area contributed by atoms with E-state index in [1.165, 1.54) is 6.07 Å². The second kappa shape index (κ2) is 3.82. The fourth-order valence-electron chi connectivity index (χ4n) is 1.22. The highest BCUT2D eigenvalue weighted by molar-refractivity contribution is 5.35. The quantitative estimate of drug-likeness (QED) is 0.509. The zero-order chi connectivity index (χ0) is 12.6. The highest BCUT2D eigenvalue weighted by Gasteiger charge is 2.34. The van der Waals surface area contributed by atoms with Crippen LogP contribution < -0.4 is 0 Å². The van der Waals surface area contributed by atoms with Gasteiger partial charge in [-0.25, -0.2) is 4.39 Å². The molecule has 16 heavy (non-hydrogen) atoms. The van der Waals surface area contributed by atoms with Crippen LogP contribution >= 0.6 is 0 Å². The van der Waals surface area contributed by atoms with Gasteiger partial charge in [0.25, 0.3) is 0 Å². The fourth-order valence-corrected chi connectivity index (χ4v) is 1.22. The van der Waals surface area contributed by atoms with Gasteiger partial charge in [0.2, 0.25) is 0 Å². The summed E-state index contributed by atoms with van der Waals surface area (Å²) < 4.78 is 50.1. The number of hydrogen-bond donors (Lipinski definition) is 0. The zero-order valence-electron chi connectivity index (χ0n) is 8.82. The predicted octanol–water partition coefficient (Wildman–Crippen LogP) is 3.76. The van der Waals surface area contributed by atoms with Gasteiger partial charge in [0.1, 0.15) is 5.82 Å². The summed E-state index contributed by atoms with van der Waals surface area (Å²) in [5.74, 6) is 1.10. The zero-order valence-corrected chi connectivity index (χ0v) is 8.82. The molecule has 0 atom stereocenters. The van der Waals surface area contributed by atoms with Crippen molar-refractivity contribution in [2.45, 2.75) is 25.4 Å². The molecule has 1 aromatic carbocycles. The standard InChI is InChI=1S/C12H10F4/c1-4-11(2,3)8-5-6-9(10(13)7-8)12(14,15)16/h1,5-7H,2-3H3. The molecule has 0 saturated carbocycles. The Morgan fingerprint density at radius 3 is 2.12 bits per heavy atom. The van der Waals surface area contributed by atoms with E-state index in [-0.39, 0.29) is 0 Å². The molecule has 0 aliphatic heterocycles. The minimum absolute atomic E-state index is 0.348. The minimum atomic E-state index is -4.68. The van der Waals surface area contributed by atoms with Gasteiger partial charge in [0, 0.05) is 0 Å². The van der Waals surface area contributed by atoms with Crippen molar-refractivity contribution in [2.24, 2.45) is 0 Å². The molecule has 0 aliphatic rings. The number of benzene rings is 1. The lowest BCUT2D eigenvalue weighted by molar-refractivity contribution is -0.140. The average molecular weight is 230 g/mol. The lowest BCUT2D eigenvalue weighted by atomic mass is 9.85. The third-order valence-electron chi connectivity index (χ3n) is 2.36. The highest BCUT2D eigenvalue weighted by atomic mass is 19.4. The maximum atomic E-state index is 13.2. The van der Waals surface area contributed by atoms with Gasteiger partial charge in [-0.3, -0.25) is 0 Å². The normalized spacial score (nSPS) is 12.3. The summed E-state index contributed by atoms with van der Waals surface area (Å²) in [6, 6.07) is 2.75. The van der Waals surface area contributed by atoms with E-state index in [0.29, 0.717) is 11.6 Å². The van der Waals surface area contributed by atoms with Crippen molar-refractivity contribution in [1.82, 2.24) is 0 Å². The van der Waals surface area contributed by atoms with Gasteiger partial charge in [-0.05, 0) is 31.5 Å². The van der Waals surface area contributed by atoms with E-state index < -0.39 is 23.0 Å². The third kappa shape index (κ3) is 2.35. The molecule has 0 aliphatic carbocycles. The van der Waals surface area contributed by atoms with Gasteiger partial charge in [-0.1, -0.05) is 12.0 Å². The molecule has 0 nitrogen and oxygen atoms in total. The molecule has 0 bridgehead atoms. The predicted molar refractivity (Wildman–Crippen MR) is 53.3 cm³/mol. The number of halogens is 4. The van der Waals surface area contributed by atoms with Crippen LogP contribution in [0.1, 0.15) is 25.0 Å². The second-order valence-corrected chi connectivity index (χ2v) is 3.96. The number of hydrogen-bond acceptors (Lipinski definition) is 0. The van der Waals surface area contributed by atoms with Crippen molar-refractivity contribution in [2.75, 3.05) is 0 Å². The fraction of sp³-hybridized carbons (Fsp3) is 0.333. The summed E-state index contributed by atoms with van der Waals surface area (Å²) in [6.07, 6.45) is 0.540. The molecule has 0 amide bonds. The molecule has 0 spiro atoms.